The molecule has 0 aliphatic carbocycles. The summed E-state index contributed by atoms with van der Waals surface area (Å²) in [5, 5.41) is 4.02. The third kappa shape index (κ3) is 3.52. The van der Waals surface area contributed by atoms with Crippen LogP contribution in [0.25, 0.3) is 0 Å². The quantitative estimate of drug-likeness (QED) is 0.878. The first-order chi connectivity index (χ1) is 10.2. The standard InChI is InChI=1S/C16H17ClFN3/c17-14-4-1-3-12-11-21(9-7-13(12)14)10-8-19-16-6-2-5-15(18)20-16/h1-6H,7-11H2,(H,19,20). The smallest absolute Gasteiger partial charge is 0.214 e. The second-order valence-electron chi connectivity index (χ2n) is 5.18. The van der Waals surface area contributed by atoms with Gasteiger partial charge < -0.3 is 5.32 Å². The Hall–Kier alpha value is -1.65. The number of fused-ring (bicyclic) bond motifs is 1. The van der Waals surface area contributed by atoms with E-state index in [9.17, 15) is 4.39 Å². The number of hydrogen-bond donors (Lipinski definition) is 1. The van der Waals surface area contributed by atoms with Crippen molar-refractivity contribution in [3.8, 4) is 0 Å². The molecular formula is C16H17ClFN3. The molecule has 3 nitrogen and oxygen atoms in total. The lowest BCUT2D eigenvalue weighted by molar-refractivity contribution is 0.264. The van der Waals surface area contributed by atoms with Crippen LogP contribution in [0.3, 0.4) is 0 Å². The van der Waals surface area contributed by atoms with Gasteiger partial charge in [0.15, 0.2) is 0 Å². The molecule has 1 aliphatic rings. The molecule has 2 heterocycles. The molecule has 0 unspecified atom stereocenters. The summed E-state index contributed by atoms with van der Waals surface area (Å²) in [6, 6.07) is 10.9. The van der Waals surface area contributed by atoms with Crippen LogP contribution >= 0.6 is 11.6 Å². The number of nitrogens with zero attached hydrogens (tertiary/aromatic N) is 2. The summed E-state index contributed by atoms with van der Waals surface area (Å²) >= 11 is 6.21. The minimum atomic E-state index is -0.457. The summed E-state index contributed by atoms with van der Waals surface area (Å²) < 4.78 is 13.0. The van der Waals surface area contributed by atoms with Crippen LogP contribution in [0.2, 0.25) is 5.02 Å². The maximum absolute atomic E-state index is 13.0. The van der Waals surface area contributed by atoms with Crippen molar-refractivity contribution in [1.29, 1.82) is 0 Å². The van der Waals surface area contributed by atoms with Gasteiger partial charge in [-0.15, -0.1) is 0 Å². The maximum atomic E-state index is 13.0. The van der Waals surface area contributed by atoms with Gasteiger partial charge in [-0.25, -0.2) is 4.98 Å². The van der Waals surface area contributed by atoms with E-state index >= 15 is 0 Å². The number of rotatable bonds is 4. The molecule has 0 spiro atoms. The highest BCUT2D eigenvalue weighted by Gasteiger charge is 2.17. The Kier molecular flexibility index (Phi) is 4.36. The number of pyridine rings is 1. The number of hydrogen-bond acceptors (Lipinski definition) is 3. The van der Waals surface area contributed by atoms with Gasteiger partial charge in [0.05, 0.1) is 0 Å². The highest BCUT2D eigenvalue weighted by Crippen LogP contribution is 2.25. The summed E-state index contributed by atoms with van der Waals surface area (Å²) in [6.45, 7) is 3.54. The maximum Gasteiger partial charge on any atom is 0.214 e. The van der Waals surface area contributed by atoms with E-state index in [2.05, 4.69) is 21.3 Å². The fourth-order valence-electron chi connectivity index (χ4n) is 2.66. The number of aromatic nitrogens is 1. The molecule has 21 heavy (non-hydrogen) atoms. The van der Waals surface area contributed by atoms with Crippen molar-refractivity contribution in [1.82, 2.24) is 9.88 Å². The van der Waals surface area contributed by atoms with Gasteiger partial charge in [-0.05, 0) is 35.7 Å². The number of nitrogens with one attached hydrogen (secondary N) is 1. The summed E-state index contributed by atoms with van der Waals surface area (Å²) in [4.78, 5) is 6.16. The van der Waals surface area contributed by atoms with Crippen LogP contribution in [-0.2, 0) is 13.0 Å². The van der Waals surface area contributed by atoms with Crippen LogP contribution in [-0.4, -0.2) is 29.5 Å². The molecule has 5 heteroatoms. The topological polar surface area (TPSA) is 28.2 Å². The van der Waals surface area contributed by atoms with Crippen LogP contribution in [0.15, 0.2) is 36.4 Å². The van der Waals surface area contributed by atoms with Gasteiger partial charge in [0, 0.05) is 31.2 Å². The van der Waals surface area contributed by atoms with Crippen LogP contribution in [0.5, 0.6) is 0 Å². The average molecular weight is 306 g/mol. The lowest BCUT2D eigenvalue weighted by Gasteiger charge is -2.29. The molecule has 110 valence electrons. The Morgan fingerprint density at radius 1 is 1.24 bits per heavy atom. The van der Waals surface area contributed by atoms with E-state index in [-0.39, 0.29) is 0 Å². The predicted octanol–water partition coefficient (Wildman–Crippen LogP) is 3.34. The SMILES string of the molecule is Fc1cccc(NCCN2CCc3c(Cl)cccc3C2)n1. The third-order valence-electron chi connectivity index (χ3n) is 3.74. The molecule has 1 aromatic heterocycles. The zero-order valence-electron chi connectivity index (χ0n) is 11.6. The van der Waals surface area contributed by atoms with E-state index in [1.165, 1.54) is 17.2 Å². The van der Waals surface area contributed by atoms with Crippen molar-refractivity contribution >= 4 is 17.4 Å². The van der Waals surface area contributed by atoms with E-state index < -0.39 is 5.95 Å². The number of halogens is 2. The molecule has 1 aliphatic heterocycles. The van der Waals surface area contributed by atoms with E-state index in [0.29, 0.717) is 5.82 Å². The summed E-state index contributed by atoms with van der Waals surface area (Å²) in [5.74, 6) is 0.122. The van der Waals surface area contributed by atoms with E-state index in [4.69, 9.17) is 11.6 Å². The van der Waals surface area contributed by atoms with Gasteiger partial charge in [-0.2, -0.15) is 4.39 Å². The minimum absolute atomic E-state index is 0.457. The molecule has 0 radical (unpaired) electrons. The normalized spacial score (nSPS) is 14.8. The number of benzene rings is 1. The molecule has 2 aromatic rings. The van der Waals surface area contributed by atoms with Crippen molar-refractivity contribution in [2.75, 3.05) is 25.0 Å². The highest BCUT2D eigenvalue weighted by atomic mass is 35.5. The van der Waals surface area contributed by atoms with Crippen molar-refractivity contribution < 1.29 is 4.39 Å². The molecule has 0 saturated heterocycles. The van der Waals surface area contributed by atoms with Gasteiger partial charge in [0.2, 0.25) is 5.95 Å². The monoisotopic (exact) mass is 305 g/mol. The highest BCUT2D eigenvalue weighted by molar-refractivity contribution is 6.31. The van der Waals surface area contributed by atoms with E-state index in [0.717, 1.165) is 37.6 Å². The number of anilines is 1. The molecule has 0 atom stereocenters. The molecule has 0 saturated carbocycles. The molecule has 1 N–H and O–H groups in total. The van der Waals surface area contributed by atoms with E-state index in [1.807, 2.05) is 12.1 Å². The Balaban J connectivity index is 1.53. The molecule has 0 bridgehead atoms. The second-order valence-corrected chi connectivity index (χ2v) is 5.58. The molecule has 1 aromatic carbocycles. The van der Waals surface area contributed by atoms with E-state index in [1.54, 1.807) is 12.1 Å². The zero-order chi connectivity index (χ0) is 14.7. The second kappa shape index (κ2) is 6.41. The minimum Gasteiger partial charge on any atom is -0.369 e. The molecular weight excluding hydrogens is 289 g/mol. The molecule has 0 amide bonds. The summed E-state index contributed by atoms with van der Waals surface area (Å²) in [6.07, 6.45) is 0.979. The van der Waals surface area contributed by atoms with Crippen molar-refractivity contribution in [2.45, 2.75) is 13.0 Å². The van der Waals surface area contributed by atoms with Gasteiger partial charge in [-0.3, -0.25) is 4.90 Å². The fraction of sp³-hybridized carbons (Fsp3) is 0.312. The predicted molar refractivity (Wildman–Crippen MR) is 83.1 cm³/mol. The lowest BCUT2D eigenvalue weighted by Crippen LogP contribution is -2.34. The first-order valence-corrected chi connectivity index (χ1v) is 7.45. The lowest BCUT2D eigenvalue weighted by atomic mass is 10.00. The molecule has 0 fully saturated rings. The van der Waals surface area contributed by atoms with Crippen molar-refractivity contribution in [2.24, 2.45) is 0 Å². The third-order valence-corrected chi connectivity index (χ3v) is 4.09. The summed E-state index contributed by atoms with van der Waals surface area (Å²) in [7, 11) is 0. The first kappa shape index (κ1) is 14.3. The van der Waals surface area contributed by atoms with Gasteiger partial charge in [-0.1, -0.05) is 29.8 Å². The Bertz CT molecular complexity index is 633. The van der Waals surface area contributed by atoms with Crippen LogP contribution in [0, 0.1) is 5.95 Å². The Morgan fingerprint density at radius 2 is 2.10 bits per heavy atom. The Labute approximate surface area is 128 Å². The molecule has 3 rings (SSSR count). The first-order valence-electron chi connectivity index (χ1n) is 7.07. The van der Waals surface area contributed by atoms with Crippen molar-refractivity contribution in [3.05, 3.63) is 58.5 Å². The zero-order valence-corrected chi connectivity index (χ0v) is 12.4. The van der Waals surface area contributed by atoms with Crippen LogP contribution < -0.4 is 5.32 Å². The van der Waals surface area contributed by atoms with Crippen LogP contribution in [0.1, 0.15) is 11.1 Å². The van der Waals surface area contributed by atoms with Gasteiger partial charge in [0.25, 0.3) is 0 Å². The Morgan fingerprint density at radius 3 is 2.95 bits per heavy atom. The summed E-state index contributed by atoms with van der Waals surface area (Å²) in [5.41, 5.74) is 2.58. The van der Waals surface area contributed by atoms with Crippen molar-refractivity contribution in [3.63, 3.8) is 0 Å². The van der Waals surface area contributed by atoms with Crippen LogP contribution in [0.4, 0.5) is 10.2 Å². The fourth-order valence-corrected chi connectivity index (χ4v) is 2.95. The van der Waals surface area contributed by atoms with Gasteiger partial charge in [0.1, 0.15) is 5.82 Å². The largest absolute Gasteiger partial charge is 0.369 e. The van der Waals surface area contributed by atoms with Gasteiger partial charge >= 0.3 is 0 Å². The average Bonchev–Trinajstić information content (AvgIpc) is 2.47.